The third-order valence-electron chi connectivity index (χ3n) is 2.70. The molecule has 0 aliphatic carbocycles. The lowest BCUT2D eigenvalue weighted by Gasteiger charge is -2.04. The van der Waals surface area contributed by atoms with Crippen molar-refractivity contribution in [2.45, 2.75) is 0 Å². The van der Waals surface area contributed by atoms with E-state index < -0.39 is 11.4 Å². The Bertz CT molecular complexity index is 817. The first-order valence-electron chi connectivity index (χ1n) is 5.45. The number of rotatable bonds is 1. The molecule has 0 amide bonds. The number of pyridine rings is 1. The van der Waals surface area contributed by atoms with Crippen LogP contribution in [0.2, 0.25) is 5.02 Å². The summed E-state index contributed by atoms with van der Waals surface area (Å²) in [5.41, 5.74) is 0.0735. The van der Waals surface area contributed by atoms with E-state index in [0.717, 1.165) is 0 Å². The predicted octanol–water partition coefficient (Wildman–Crippen LogP) is 2.78. The number of hydrogen-bond donors (Lipinski definition) is 1. The number of halogens is 2. The second-order valence-electron chi connectivity index (χ2n) is 3.91. The zero-order chi connectivity index (χ0) is 13.4. The maximum Gasteiger partial charge on any atom is 0.260 e. The molecule has 94 valence electrons. The molecule has 0 fully saturated rings. The highest BCUT2D eigenvalue weighted by Crippen LogP contribution is 2.23. The molecule has 0 unspecified atom stereocenters. The molecule has 0 aliphatic rings. The van der Waals surface area contributed by atoms with Crippen molar-refractivity contribution in [1.29, 1.82) is 0 Å². The fourth-order valence-electron chi connectivity index (χ4n) is 1.82. The summed E-state index contributed by atoms with van der Waals surface area (Å²) in [4.78, 5) is 22.6. The minimum atomic E-state index is -0.587. The van der Waals surface area contributed by atoms with Gasteiger partial charge in [0.25, 0.3) is 5.56 Å². The van der Waals surface area contributed by atoms with Gasteiger partial charge in [-0.15, -0.1) is 0 Å². The van der Waals surface area contributed by atoms with Gasteiger partial charge in [0, 0.05) is 18.0 Å². The van der Waals surface area contributed by atoms with Crippen LogP contribution >= 0.6 is 11.6 Å². The quantitative estimate of drug-likeness (QED) is 0.743. The van der Waals surface area contributed by atoms with E-state index in [0.29, 0.717) is 5.56 Å². The predicted molar refractivity (Wildman–Crippen MR) is 70.6 cm³/mol. The minimum absolute atomic E-state index is 0.0462. The van der Waals surface area contributed by atoms with E-state index in [4.69, 9.17) is 11.6 Å². The summed E-state index contributed by atoms with van der Waals surface area (Å²) < 4.78 is 13.8. The molecule has 3 aromatic rings. The largest absolute Gasteiger partial charge is 0.306 e. The molecule has 6 heteroatoms. The van der Waals surface area contributed by atoms with Gasteiger partial charge in [-0.3, -0.25) is 9.78 Å². The van der Waals surface area contributed by atoms with Crippen LogP contribution < -0.4 is 5.56 Å². The summed E-state index contributed by atoms with van der Waals surface area (Å²) in [5.74, 6) is -0.331. The van der Waals surface area contributed by atoms with Gasteiger partial charge in [0.2, 0.25) is 0 Å². The Balaban J connectivity index is 2.38. The monoisotopic (exact) mass is 275 g/mol. The van der Waals surface area contributed by atoms with Gasteiger partial charge >= 0.3 is 0 Å². The first-order chi connectivity index (χ1) is 9.16. The van der Waals surface area contributed by atoms with E-state index in [-0.39, 0.29) is 21.7 Å². The minimum Gasteiger partial charge on any atom is -0.306 e. The van der Waals surface area contributed by atoms with Crippen LogP contribution in [0.5, 0.6) is 0 Å². The van der Waals surface area contributed by atoms with Crippen LogP contribution in [0, 0.1) is 5.82 Å². The Hall–Kier alpha value is -2.27. The van der Waals surface area contributed by atoms with Crippen LogP contribution in [-0.4, -0.2) is 15.0 Å². The second kappa shape index (κ2) is 4.44. The first-order valence-corrected chi connectivity index (χ1v) is 5.83. The third-order valence-corrected chi connectivity index (χ3v) is 3.01. The van der Waals surface area contributed by atoms with Gasteiger partial charge in [-0.2, -0.15) is 0 Å². The van der Waals surface area contributed by atoms with Gasteiger partial charge in [0.15, 0.2) is 0 Å². The highest BCUT2D eigenvalue weighted by Gasteiger charge is 2.12. The van der Waals surface area contributed by atoms with E-state index in [2.05, 4.69) is 15.0 Å². The lowest BCUT2D eigenvalue weighted by atomic mass is 10.2. The number of benzene rings is 1. The van der Waals surface area contributed by atoms with Crippen LogP contribution in [0.4, 0.5) is 4.39 Å². The topological polar surface area (TPSA) is 58.6 Å². The van der Waals surface area contributed by atoms with Gasteiger partial charge in [-0.1, -0.05) is 11.6 Å². The van der Waals surface area contributed by atoms with Crippen molar-refractivity contribution in [3.05, 3.63) is 57.9 Å². The highest BCUT2D eigenvalue weighted by atomic mass is 35.5. The molecule has 1 aromatic carbocycles. The molecule has 2 aromatic heterocycles. The zero-order valence-corrected chi connectivity index (χ0v) is 10.3. The Labute approximate surface area is 111 Å². The van der Waals surface area contributed by atoms with Crippen molar-refractivity contribution in [2.24, 2.45) is 0 Å². The number of fused-ring (bicyclic) bond motifs is 1. The smallest absolute Gasteiger partial charge is 0.260 e. The van der Waals surface area contributed by atoms with Gasteiger partial charge in [0.1, 0.15) is 17.2 Å². The molecule has 1 N–H and O–H groups in total. The summed E-state index contributed by atoms with van der Waals surface area (Å²) in [6, 6.07) is 5.94. The number of H-pyrrole nitrogens is 1. The molecule has 4 nitrogen and oxygen atoms in total. The summed E-state index contributed by atoms with van der Waals surface area (Å²) in [6.45, 7) is 0. The molecule has 2 heterocycles. The maximum absolute atomic E-state index is 13.8. The molecular formula is C13H7ClFN3O. The van der Waals surface area contributed by atoms with E-state index in [1.807, 2.05) is 0 Å². The molecule has 19 heavy (non-hydrogen) atoms. The Morgan fingerprint density at radius 3 is 2.84 bits per heavy atom. The van der Waals surface area contributed by atoms with Gasteiger partial charge in [-0.25, -0.2) is 9.37 Å². The van der Waals surface area contributed by atoms with Crippen molar-refractivity contribution < 1.29 is 4.39 Å². The molecule has 0 radical (unpaired) electrons. The lowest BCUT2D eigenvalue weighted by Crippen LogP contribution is -2.11. The average molecular weight is 276 g/mol. The normalized spacial score (nSPS) is 10.8. The van der Waals surface area contributed by atoms with E-state index >= 15 is 0 Å². The summed E-state index contributed by atoms with van der Waals surface area (Å²) in [6.07, 6.45) is 3.13. The number of nitrogens with zero attached hydrogens (tertiary/aromatic N) is 2. The summed E-state index contributed by atoms with van der Waals surface area (Å²) in [5, 5.41) is 0.220. The van der Waals surface area contributed by atoms with Crippen molar-refractivity contribution >= 4 is 22.5 Å². The number of hydrogen-bond acceptors (Lipinski definition) is 3. The number of aromatic amines is 1. The average Bonchev–Trinajstić information content (AvgIpc) is 2.43. The maximum atomic E-state index is 13.8. The summed E-state index contributed by atoms with van der Waals surface area (Å²) in [7, 11) is 0. The molecule has 0 atom stereocenters. The van der Waals surface area contributed by atoms with E-state index in [9.17, 15) is 9.18 Å². The third kappa shape index (κ3) is 1.98. The SMILES string of the molecule is O=c1[nH]c(-c2cccnc2)nc2c(F)ccc(Cl)c12. The molecule has 0 spiro atoms. The van der Waals surface area contributed by atoms with Gasteiger partial charge < -0.3 is 4.98 Å². The van der Waals surface area contributed by atoms with Gasteiger partial charge in [0.05, 0.1) is 10.4 Å². The Morgan fingerprint density at radius 1 is 1.26 bits per heavy atom. The van der Waals surface area contributed by atoms with Crippen LogP contribution in [0.25, 0.3) is 22.3 Å². The Morgan fingerprint density at radius 2 is 2.11 bits per heavy atom. The molecule has 0 bridgehead atoms. The van der Waals surface area contributed by atoms with Gasteiger partial charge in [-0.05, 0) is 24.3 Å². The first kappa shape index (κ1) is 11.8. The van der Waals surface area contributed by atoms with Crippen molar-refractivity contribution in [1.82, 2.24) is 15.0 Å². The highest BCUT2D eigenvalue weighted by molar-refractivity contribution is 6.35. The molecule has 3 rings (SSSR count). The molecule has 0 aliphatic heterocycles. The molecular weight excluding hydrogens is 269 g/mol. The molecule has 0 saturated heterocycles. The van der Waals surface area contributed by atoms with E-state index in [1.54, 1.807) is 18.3 Å². The number of nitrogens with one attached hydrogen (secondary N) is 1. The van der Waals surface area contributed by atoms with E-state index in [1.165, 1.54) is 18.3 Å². The van der Waals surface area contributed by atoms with Crippen molar-refractivity contribution in [3.8, 4) is 11.4 Å². The van der Waals surface area contributed by atoms with Crippen molar-refractivity contribution in [3.63, 3.8) is 0 Å². The standard InChI is InChI=1S/C13H7ClFN3O/c14-8-3-4-9(15)11-10(8)13(19)18-12(17-11)7-2-1-5-16-6-7/h1-6H,(H,17,18,19). The van der Waals surface area contributed by atoms with Crippen LogP contribution in [0.1, 0.15) is 0 Å². The zero-order valence-electron chi connectivity index (χ0n) is 9.52. The summed E-state index contributed by atoms with van der Waals surface area (Å²) >= 11 is 5.89. The van der Waals surface area contributed by atoms with Crippen LogP contribution in [-0.2, 0) is 0 Å². The Kier molecular flexibility index (Phi) is 2.76. The van der Waals surface area contributed by atoms with Crippen LogP contribution in [0.3, 0.4) is 0 Å². The second-order valence-corrected chi connectivity index (χ2v) is 4.32. The van der Waals surface area contributed by atoms with Crippen molar-refractivity contribution in [2.75, 3.05) is 0 Å². The lowest BCUT2D eigenvalue weighted by molar-refractivity contribution is 0.636. The molecule has 0 saturated carbocycles. The van der Waals surface area contributed by atoms with Crippen LogP contribution in [0.15, 0.2) is 41.5 Å². The number of aromatic nitrogens is 3. The fraction of sp³-hybridized carbons (Fsp3) is 0. The fourth-order valence-corrected chi connectivity index (χ4v) is 2.05.